The fraction of sp³-hybridized carbons (Fsp3) is 0.409. The van der Waals surface area contributed by atoms with E-state index in [2.05, 4.69) is 22.3 Å². The fourth-order valence-corrected chi connectivity index (χ4v) is 4.17. The molecule has 2 aromatic carbocycles. The number of rotatable bonds is 3. The summed E-state index contributed by atoms with van der Waals surface area (Å²) in [6.07, 6.45) is 5.60. The normalized spacial score (nSPS) is 20.0. The van der Waals surface area contributed by atoms with Crippen LogP contribution in [-0.2, 0) is 0 Å². The van der Waals surface area contributed by atoms with Crippen LogP contribution in [0.3, 0.4) is 0 Å². The molecule has 0 spiro atoms. The van der Waals surface area contributed by atoms with E-state index in [1.165, 1.54) is 37.1 Å². The Labute approximate surface area is 160 Å². The van der Waals surface area contributed by atoms with Crippen molar-refractivity contribution in [3.05, 3.63) is 59.9 Å². The molecule has 2 aromatic rings. The zero-order valence-electron chi connectivity index (χ0n) is 15.5. The maximum absolute atomic E-state index is 13.6. The minimum absolute atomic E-state index is 0.0617. The Kier molecular flexibility index (Phi) is 5.28. The van der Waals surface area contributed by atoms with E-state index in [-0.39, 0.29) is 17.9 Å². The molecule has 2 aliphatic rings. The molecule has 1 atom stereocenters. The van der Waals surface area contributed by atoms with E-state index in [0.29, 0.717) is 6.54 Å². The van der Waals surface area contributed by atoms with Gasteiger partial charge in [-0.3, -0.25) is 0 Å². The second-order valence-electron chi connectivity index (χ2n) is 7.43. The molecule has 0 aliphatic carbocycles. The molecular formula is C22H26FN3O. The summed E-state index contributed by atoms with van der Waals surface area (Å²) in [6, 6.07) is 14.5. The van der Waals surface area contributed by atoms with Gasteiger partial charge < -0.3 is 15.1 Å². The van der Waals surface area contributed by atoms with Crippen molar-refractivity contribution in [3.63, 3.8) is 0 Å². The Morgan fingerprint density at radius 2 is 1.74 bits per heavy atom. The number of hydrogen-bond acceptors (Lipinski definition) is 2. The summed E-state index contributed by atoms with van der Waals surface area (Å²) >= 11 is 0. The Morgan fingerprint density at radius 3 is 2.48 bits per heavy atom. The molecule has 5 heteroatoms. The lowest BCUT2D eigenvalue weighted by atomic mass is 10.0. The number of carbonyl (C=O) groups is 1. The summed E-state index contributed by atoms with van der Waals surface area (Å²) in [5.41, 5.74) is 2.88. The number of benzene rings is 2. The zero-order valence-corrected chi connectivity index (χ0v) is 15.5. The van der Waals surface area contributed by atoms with Crippen LogP contribution >= 0.6 is 0 Å². The summed E-state index contributed by atoms with van der Waals surface area (Å²) < 4.78 is 13.6. The number of nitrogens with one attached hydrogen (secondary N) is 1. The van der Waals surface area contributed by atoms with Crippen molar-refractivity contribution in [3.8, 4) is 0 Å². The molecule has 1 unspecified atom stereocenters. The molecule has 1 N–H and O–H groups in total. The Bertz CT molecular complexity index is 786. The quantitative estimate of drug-likeness (QED) is 0.811. The highest BCUT2D eigenvalue weighted by Gasteiger charge is 2.30. The molecule has 0 radical (unpaired) electrons. The van der Waals surface area contributed by atoms with Crippen molar-refractivity contribution in [2.45, 2.75) is 38.1 Å². The summed E-state index contributed by atoms with van der Waals surface area (Å²) in [5, 5.41) is 3.00. The summed E-state index contributed by atoms with van der Waals surface area (Å²) in [4.78, 5) is 17.0. The third-order valence-corrected chi connectivity index (χ3v) is 5.59. The lowest BCUT2D eigenvalue weighted by molar-refractivity contribution is 0.207. The molecule has 4 rings (SSSR count). The first-order valence-corrected chi connectivity index (χ1v) is 9.89. The van der Waals surface area contributed by atoms with E-state index in [1.807, 2.05) is 23.1 Å². The van der Waals surface area contributed by atoms with Gasteiger partial charge in [0.25, 0.3) is 0 Å². The molecule has 27 heavy (non-hydrogen) atoms. The van der Waals surface area contributed by atoms with Gasteiger partial charge in [-0.15, -0.1) is 0 Å². The van der Waals surface area contributed by atoms with Gasteiger partial charge in [-0.25, -0.2) is 9.18 Å². The van der Waals surface area contributed by atoms with Gasteiger partial charge in [0.1, 0.15) is 5.82 Å². The number of piperidine rings is 1. The highest BCUT2D eigenvalue weighted by atomic mass is 19.1. The van der Waals surface area contributed by atoms with Gasteiger partial charge in [0.2, 0.25) is 0 Å². The zero-order chi connectivity index (χ0) is 18.6. The molecule has 4 nitrogen and oxygen atoms in total. The van der Waals surface area contributed by atoms with Gasteiger partial charge in [-0.2, -0.15) is 0 Å². The monoisotopic (exact) mass is 367 g/mol. The summed E-state index contributed by atoms with van der Waals surface area (Å²) in [6.45, 7) is 2.91. The lowest BCUT2D eigenvalue weighted by Gasteiger charge is -2.29. The predicted molar refractivity (Wildman–Crippen MR) is 107 cm³/mol. The third-order valence-electron chi connectivity index (χ3n) is 5.59. The van der Waals surface area contributed by atoms with E-state index < -0.39 is 0 Å². The van der Waals surface area contributed by atoms with Crippen LogP contribution in [0.25, 0.3) is 0 Å². The molecule has 0 bridgehead atoms. The van der Waals surface area contributed by atoms with Crippen LogP contribution < -0.4 is 10.2 Å². The van der Waals surface area contributed by atoms with Crippen LogP contribution in [0.15, 0.2) is 48.5 Å². The second kappa shape index (κ2) is 7.99. The maximum Gasteiger partial charge on any atom is 0.322 e. The van der Waals surface area contributed by atoms with Gasteiger partial charge in [0, 0.05) is 31.0 Å². The molecule has 2 aliphatic heterocycles. The van der Waals surface area contributed by atoms with Crippen molar-refractivity contribution in [1.29, 1.82) is 0 Å². The number of likely N-dealkylation sites (tertiary alicyclic amines) is 1. The van der Waals surface area contributed by atoms with Gasteiger partial charge in [-0.1, -0.05) is 12.1 Å². The average Bonchev–Trinajstić information content (AvgIpc) is 3.19. The van der Waals surface area contributed by atoms with E-state index in [9.17, 15) is 9.18 Å². The molecule has 142 valence electrons. The van der Waals surface area contributed by atoms with E-state index >= 15 is 0 Å². The molecular weight excluding hydrogens is 341 g/mol. The Morgan fingerprint density at radius 1 is 0.963 bits per heavy atom. The van der Waals surface area contributed by atoms with Gasteiger partial charge in [-0.05, 0) is 74.1 Å². The topological polar surface area (TPSA) is 35.6 Å². The number of halogens is 1. The van der Waals surface area contributed by atoms with Crippen LogP contribution in [0.5, 0.6) is 0 Å². The standard InChI is InChI=1S/C22H26FN3O/c23-18-7-4-6-17(16-18)21-8-5-15-26(21)22(27)24-19-9-11-20(12-10-19)25-13-2-1-3-14-25/h4,6-7,9-12,16,21H,1-3,5,8,13-15H2,(H,24,27). The van der Waals surface area contributed by atoms with Gasteiger partial charge in [0.05, 0.1) is 6.04 Å². The smallest absolute Gasteiger partial charge is 0.322 e. The van der Waals surface area contributed by atoms with E-state index in [0.717, 1.165) is 37.2 Å². The summed E-state index contributed by atoms with van der Waals surface area (Å²) in [5.74, 6) is -0.256. The molecule has 2 fully saturated rings. The van der Waals surface area contributed by atoms with E-state index in [4.69, 9.17) is 0 Å². The van der Waals surface area contributed by atoms with Crippen LogP contribution in [0.2, 0.25) is 0 Å². The van der Waals surface area contributed by atoms with Crippen molar-refractivity contribution >= 4 is 17.4 Å². The summed E-state index contributed by atoms with van der Waals surface area (Å²) in [7, 11) is 0. The van der Waals surface area contributed by atoms with Crippen LogP contribution in [0.4, 0.5) is 20.6 Å². The maximum atomic E-state index is 13.6. The minimum atomic E-state index is -0.256. The van der Waals surface area contributed by atoms with Crippen molar-refractivity contribution < 1.29 is 9.18 Å². The lowest BCUT2D eigenvalue weighted by Crippen LogP contribution is -2.34. The number of carbonyl (C=O) groups excluding carboxylic acids is 1. The highest BCUT2D eigenvalue weighted by molar-refractivity contribution is 5.90. The third kappa shape index (κ3) is 4.07. The van der Waals surface area contributed by atoms with Crippen LogP contribution in [-0.4, -0.2) is 30.6 Å². The fourth-order valence-electron chi connectivity index (χ4n) is 4.17. The van der Waals surface area contributed by atoms with Crippen LogP contribution in [0.1, 0.15) is 43.7 Å². The first-order chi connectivity index (χ1) is 13.2. The SMILES string of the molecule is O=C(Nc1ccc(N2CCCCC2)cc1)N1CCCC1c1cccc(F)c1. The van der Waals surface area contributed by atoms with Gasteiger partial charge in [0.15, 0.2) is 0 Å². The number of amides is 2. The molecule has 2 saturated heterocycles. The Balaban J connectivity index is 1.42. The first kappa shape index (κ1) is 17.8. The van der Waals surface area contributed by atoms with Crippen molar-refractivity contribution in [1.82, 2.24) is 4.90 Å². The highest BCUT2D eigenvalue weighted by Crippen LogP contribution is 2.32. The minimum Gasteiger partial charge on any atom is -0.372 e. The molecule has 0 saturated carbocycles. The van der Waals surface area contributed by atoms with Crippen LogP contribution in [0, 0.1) is 5.82 Å². The number of nitrogens with zero attached hydrogens (tertiary/aromatic N) is 2. The van der Waals surface area contributed by atoms with E-state index in [1.54, 1.807) is 6.07 Å². The predicted octanol–water partition coefficient (Wildman–Crippen LogP) is 5.19. The molecule has 2 heterocycles. The molecule has 2 amide bonds. The Hall–Kier alpha value is -2.56. The largest absolute Gasteiger partial charge is 0.372 e. The number of hydrogen-bond donors (Lipinski definition) is 1. The first-order valence-electron chi connectivity index (χ1n) is 9.89. The number of anilines is 2. The number of urea groups is 1. The average molecular weight is 367 g/mol. The van der Waals surface area contributed by atoms with Crippen molar-refractivity contribution in [2.75, 3.05) is 29.9 Å². The van der Waals surface area contributed by atoms with Gasteiger partial charge >= 0.3 is 6.03 Å². The second-order valence-corrected chi connectivity index (χ2v) is 7.43. The van der Waals surface area contributed by atoms with Crippen molar-refractivity contribution in [2.24, 2.45) is 0 Å². The molecule has 0 aromatic heterocycles.